The van der Waals surface area contributed by atoms with Gasteiger partial charge in [0.2, 0.25) is 11.1 Å². The number of anilines is 1. The Hall–Kier alpha value is -3.37. The van der Waals surface area contributed by atoms with Gasteiger partial charge in [-0.1, -0.05) is 43.0 Å². The second kappa shape index (κ2) is 9.84. The number of aromatic nitrogens is 4. The van der Waals surface area contributed by atoms with Crippen LogP contribution in [0.5, 0.6) is 5.75 Å². The van der Waals surface area contributed by atoms with E-state index >= 15 is 0 Å². The molecule has 0 radical (unpaired) electrons. The molecule has 0 unspecified atom stereocenters. The number of thiazole rings is 1. The van der Waals surface area contributed by atoms with Gasteiger partial charge in [-0.25, -0.2) is 9.66 Å². The van der Waals surface area contributed by atoms with Crippen LogP contribution in [0, 0.1) is 0 Å². The Balaban J connectivity index is 1.35. The second-order valence-corrected chi connectivity index (χ2v) is 8.63. The fraction of sp³-hybridized carbons (Fsp3) is 0.182. The van der Waals surface area contributed by atoms with Crippen LogP contribution in [-0.4, -0.2) is 38.6 Å². The second-order valence-electron chi connectivity index (χ2n) is 6.83. The number of nitrogens with one attached hydrogen (secondary N) is 1. The Kier molecular flexibility index (Phi) is 6.72. The lowest BCUT2D eigenvalue weighted by atomic mass is 10.1. The first-order valence-corrected chi connectivity index (χ1v) is 11.8. The maximum Gasteiger partial charge on any atom is 0.236 e. The van der Waals surface area contributed by atoms with Gasteiger partial charge in [0.25, 0.3) is 0 Å². The van der Waals surface area contributed by atoms with E-state index in [9.17, 15) is 4.79 Å². The maximum atomic E-state index is 12.4. The Morgan fingerprint density at radius 1 is 1.12 bits per heavy atom. The van der Waals surface area contributed by atoms with E-state index < -0.39 is 0 Å². The molecule has 0 spiro atoms. The van der Waals surface area contributed by atoms with Gasteiger partial charge >= 0.3 is 0 Å². The van der Waals surface area contributed by atoms with Gasteiger partial charge in [0.1, 0.15) is 5.75 Å². The molecule has 4 aromatic rings. The van der Waals surface area contributed by atoms with Gasteiger partial charge in [-0.3, -0.25) is 4.79 Å². The molecule has 0 atom stereocenters. The SMILES string of the molecule is CCc1ccc(-c2csc(NC(=O)CSc3nnc(-c4ccc(OC)cc4)n3N)n2)cc1. The third-order valence-corrected chi connectivity index (χ3v) is 6.45. The molecule has 3 N–H and O–H groups in total. The number of aryl methyl sites for hydroxylation is 1. The molecular weight excluding hydrogens is 444 g/mol. The molecule has 0 aliphatic rings. The first-order chi connectivity index (χ1) is 15.6. The molecule has 0 bridgehead atoms. The zero-order valence-electron chi connectivity index (χ0n) is 17.6. The lowest BCUT2D eigenvalue weighted by Gasteiger charge is -2.05. The van der Waals surface area contributed by atoms with Crippen LogP contribution in [-0.2, 0) is 11.2 Å². The number of amides is 1. The minimum Gasteiger partial charge on any atom is -0.497 e. The molecule has 2 heterocycles. The Bertz CT molecular complexity index is 1200. The van der Waals surface area contributed by atoms with E-state index in [1.807, 2.05) is 41.8 Å². The van der Waals surface area contributed by atoms with Crippen LogP contribution in [0.25, 0.3) is 22.6 Å². The molecule has 2 aromatic heterocycles. The van der Waals surface area contributed by atoms with Gasteiger partial charge < -0.3 is 15.9 Å². The average molecular weight is 467 g/mol. The number of nitrogen functional groups attached to an aromatic ring is 1. The molecule has 0 aliphatic heterocycles. The van der Waals surface area contributed by atoms with E-state index in [-0.39, 0.29) is 11.7 Å². The maximum absolute atomic E-state index is 12.4. The number of rotatable bonds is 8. The van der Waals surface area contributed by atoms with Crippen molar-refractivity contribution in [2.75, 3.05) is 24.0 Å². The molecule has 164 valence electrons. The number of hydrogen-bond donors (Lipinski definition) is 2. The number of carbonyl (C=O) groups is 1. The summed E-state index contributed by atoms with van der Waals surface area (Å²) in [5, 5.41) is 14.0. The van der Waals surface area contributed by atoms with E-state index in [0.717, 1.165) is 29.0 Å². The fourth-order valence-electron chi connectivity index (χ4n) is 2.97. The highest BCUT2D eigenvalue weighted by atomic mass is 32.2. The van der Waals surface area contributed by atoms with Crippen LogP contribution in [0.1, 0.15) is 12.5 Å². The minimum absolute atomic E-state index is 0.137. The molecule has 1 amide bonds. The van der Waals surface area contributed by atoms with E-state index in [1.165, 1.54) is 33.3 Å². The minimum atomic E-state index is -0.189. The summed E-state index contributed by atoms with van der Waals surface area (Å²) in [5.74, 6) is 7.33. The molecule has 0 saturated carbocycles. The third-order valence-electron chi connectivity index (χ3n) is 4.75. The van der Waals surface area contributed by atoms with Crippen molar-refractivity contribution in [2.24, 2.45) is 0 Å². The summed E-state index contributed by atoms with van der Waals surface area (Å²) in [6, 6.07) is 15.6. The normalized spacial score (nSPS) is 10.8. The molecule has 0 aliphatic carbocycles. The van der Waals surface area contributed by atoms with E-state index in [1.54, 1.807) is 7.11 Å². The van der Waals surface area contributed by atoms with Crippen LogP contribution in [0.3, 0.4) is 0 Å². The predicted molar refractivity (Wildman–Crippen MR) is 128 cm³/mol. The molecule has 4 rings (SSSR count). The molecule has 2 aromatic carbocycles. The monoisotopic (exact) mass is 466 g/mol. The largest absolute Gasteiger partial charge is 0.497 e. The Labute approximate surface area is 193 Å². The smallest absolute Gasteiger partial charge is 0.236 e. The van der Waals surface area contributed by atoms with Gasteiger partial charge in [0.15, 0.2) is 11.0 Å². The van der Waals surface area contributed by atoms with Crippen molar-refractivity contribution in [2.45, 2.75) is 18.5 Å². The Morgan fingerprint density at radius 2 is 1.84 bits per heavy atom. The highest BCUT2D eigenvalue weighted by Crippen LogP contribution is 2.26. The van der Waals surface area contributed by atoms with Crippen LogP contribution in [0.2, 0.25) is 0 Å². The highest BCUT2D eigenvalue weighted by Gasteiger charge is 2.15. The quantitative estimate of drug-likeness (QED) is 0.297. The van der Waals surface area contributed by atoms with E-state index in [4.69, 9.17) is 10.6 Å². The van der Waals surface area contributed by atoms with Crippen LogP contribution in [0.4, 0.5) is 5.13 Å². The lowest BCUT2D eigenvalue weighted by Crippen LogP contribution is -2.16. The lowest BCUT2D eigenvalue weighted by molar-refractivity contribution is -0.113. The number of carbonyl (C=O) groups excluding carboxylic acids is 1. The molecule has 8 nitrogen and oxygen atoms in total. The first-order valence-electron chi connectivity index (χ1n) is 9.89. The number of nitrogens with two attached hydrogens (primary N) is 1. The standard InChI is InChI=1S/C22H22N6O2S2/c1-3-14-4-6-15(7-5-14)18-12-31-21(24-18)25-19(29)13-32-22-27-26-20(28(22)23)16-8-10-17(30-2)11-9-16/h4-12H,3,13,23H2,1-2H3,(H,24,25,29). The fourth-order valence-corrected chi connectivity index (χ4v) is 4.37. The molecule has 0 fully saturated rings. The highest BCUT2D eigenvalue weighted by molar-refractivity contribution is 7.99. The summed E-state index contributed by atoms with van der Waals surface area (Å²) < 4.78 is 6.54. The number of ether oxygens (including phenoxy) is 1. The van der Waals surface area contributed by atoms with Gasteiger partial charge in [-0.15, -0.1) is 21.5 Å². The van der Waals surface area contributed by atoms with Crippen molar-refractivity contribution in [1.29, 1.82) is 0 Å². The van der Waals surface area contributed by atoms with Crippen LogP contribution in [0.15, 0.2) is 59.1 Å². The van der Waals surface area contributed by atoms with Crippen molar-refractivity contribution < 1.29 is 9.53 Å². The van der Waals surface area contributed by atoms with Crippen molar-refractivity contribution in [1.82, 2.24) is 19.9 Å². The summed E-state index contributed by atoms with van der Waals surface area (Å²) in [7, 11) is 1.61. The zero-order chi connectivity index (χ0) is 22.5. The molecule has 0 saturated heterocycles. The summed E-state index contributed by atoms with van der Waals surface area (Å²) in [6.07, 6.45) is 0.995. The van der Waals surface area contributed by atoms with Gasteiger partial charge in [-0.2, -0.15) is 0 Å². The zero-order valence-corrected chi connectivity index (χ0v) is 19.2. The molecule has 10 heteroatoms. The van der Waals surface area contributed by atoms with E-state index in [0.29, 0.717) is 16.1 Å². The van der Waals surface area contributed by atoms with Gasteiger partial charge in [-0.05, 0) is 36.2 Å². The topological polar surface area (TPSA) is 108 Å². The average Bonchev–Trinajstić information content (AvgIpc) is 3.44. The number of methoxy groups -OCH3 is 1. The summed E-state index contributed by atoms with van der Waals surface area (Å²) in [6.45, 7) is 2.12. The van der Waals surface area contributed by atoms with Crippen molar-refractivity contribution >= 4 is 34.1 Å². The molecular formula is C22H22N6O2S2. The van der Waals surface area contributed by atoms with Gasteiger partial charge in [0.05, 0.1) is 18.6 Å². The Morgan fingerprint density at radius 3 is 2.53 bits per heavy atom. The summed E-state index contributed by atoms with van der Waals surface area (Å²) in [4.78, 5) is 16.9. The molecule has 32 heavy (non-hydrogen) atoms. The first kappa shape index (κ1) is 21.8. The van der Waals surface area contributed by atoms with Crippen LogP contribution >= 0.6 is 23.1 Å². The van der Waals surface area contributed by atoms with Crippen molar-refractivity contribution in [3.05, 3.63) is 59.5 Å². The third kappa shape index (κ3) is 4.92. The number of thioether (sulfide) groups is 1. The number of hydrogen-bond acceptors (Lipinski definition) is 8. The number of nitrogens with zero attached hydrogens (tertiary/aromatic N) is 4. The van der Waals surface area contributed by atoms with E-state index in [2.05, 4.69) is 39.6 Å². The predicted octanol–water partition coefficient (Wildman–Crippen LogP) is 4.08. The summed E-state index contributed by atoms with van der Waals surface area (Å²) in [5.41, 5.74) is 3.94. The van der Waals surface area contributed by atoms with Crippen molar-refractivity contribution in [3.63, 3.8) is 0 Å². The summed E-state index contributed by atoms with van der Waals surface area (Å²) >= 11 is 2.60. The van der Waals surface area contributed by atoms with Gasteiger partial charge in [0, 0.05) is 16.5 Å². The van der Waals surface area contributed by atoms with Crippen molar-refractivity contribution in [3.8, 4) is 28.4 Å². The van der Waals surface area contributed by atoms with Crippen LogP contribution < -0.4 is 15.9 Å². The number of benzene rings is 2.